The molecule has 8 nitrogen and oxygen atoms in total. The van der Waals surface area contributed by atoms with Crippen molar-refractivity contribution in [3.05, 3.63) is 65.7 Å². The predicted molar refractivity (Wildman–Crippen MR) is 107 cm³/mol. The van der Waals surface area contributed by atoms with Crippen molar-refractivity contribution in [3.63, 3.8) is 0 Å². The summed E-state index contributed by atoms with van der Waals surface area (Å²) in [6.45, 7) is 4.33. The van der Waals surface area contributed by atoms with Gasteiger partial charge in [-0.25, -0.2) is 17.9 Å². The van der Waals surface area contributed by atoms with Crippen molar-refractivity contribution in [2.24, 2.45) is 0 Å². The van der Waals surface area contributed by atoms with Crippen LogP contribution in [0.15, 0.2) is 59.5 Å². The molecule has 4 N–H and O–H groups in total. The number of rotatable bonds is 8. The van der Waals surface area contributed by atoms with Crippen LogP contribution in [0.1, 0.15) is 31.0 Å². The summed E-state index contributed by atoms with van der Waals surface area (Å²) in [5.41, 5.74) is -0.423. The molecule has 0 aliphatic carbocycles. The number of aryl methyl sites for hydroxylation is 1. The Balaban J connectivity index is 2.36. The van der Waals surface area contributed by atoms with E-state index in [4.69, 9.17) is 0 Å². The van der Waals surface area contributed by atoms with E-state index in [1.165, 1.54) is 26.0 Å². The van der Waals surface area contributed by atoms with Gasteiger partial charge in [0.05, 0.1) is 10.9 Å². The fourth-order valence-electron chi connectivity index (χ4n) is 2.51. The molecule has 0 aliphatic rings. The van der Waals surface area contributed by atoms with Crippen molar-refractivity contribution in [2.45, 2.75) is 43.4 Å². The summed E-state index contributed by atoms with van der Waals surface area (Å²) < 4.78 is 28.0. The van der Waals surface area contributed by atoms with Gasteiger partial charge < -0.3 is 15.5 Å². The van der Waals surface area contributed by atoms with Crippen molar-refractivity contribution < 1.29 is 28.2 Å². The molecule has 0 fully saturated rings. The third-order valence-electron chi connectivity index (χ3n) is 4.33. The van der Waals surface area contributed by atoms with Crippen LogP contribution < -0.4 is 10.0 Å². The second-order valence-electron chi connectivity index (χ2n) is 7.19. The van der Waals surface area contributed by atoms with Crippen LogP contribution in [-0.2, 0) is 19.6 Å². The van der Waals surface area contributed by atoms with Crippen LogP contribution in [0.5, 0.6) is 0 Å². The SMILES string of the molecule is Cc1ccc(S(=O)(=O)NC(c2ccccc2)C(O)C(=O)NC(C)(C)C(=O)O)cc1. The molecule has 1 amide bonds. The number of hydrogen-bond acceptors (Lipinski definition) is 5. The molecule has 0 bridgehead atoms. The minimum absolute atomic E-state index is 0.0255. The summed E-state index contributed by atoms with van der Waals surface area (Å²) in [6.07, 6.45) is -1.86. The monoisotopic (exact) mass is 420 g/mol. The summed E-state index contributed by atoms with van der Waals surface area (Å²) in [6, 6.07) is 12.8. The topological polar surface area (TPSA) is 133 Å². The van der Waals surface area contributed by atoms with E-state index in [2.05, 4.69) is 10.0 Å². The molecule has 2 unspecified atom stereocenters. The largest absolute Gasteiger partial charge is 0.480 e. The Kier molecular flexibility index (Phi) is 6.78. The Bertz CT molecular complexity index is 972. The average molecular weight is 420 g/mol. The van der Waals surface area contributed by atoms with Gasteiger partial charge in [-0.3, -0.25) is 4.79 Å². The van der Waals surface area contributed by atoms with Crippen molar-refractivity contribution in [1.82, 2.24) is 10.0 Å². The second kappa shape index (κ2) is 8.73. The van der Waals surface area contributed by atoms with E-state index in [9.17, 15) is 28.2 Å². The lowest BCUT2D eigenvalue weighted by Crippen LogP contribution is -2.55. The molecule has 0 spiro atoms. The fraction of sp³-hybridized carbons (Fsp3) is 0.300. The van der Waals surface area contributed by atoms with Gasteiger partial charge in [-0.15, -0.1) is 0 Å². The Morgan fingerprint density at radius 2 is 1.55 bits per heavy atom. The highest BCUT2D eigenvalue weighted by molar-refractivity contribution is 7.89. The fourth-order valence-corrected chi connectivity index (χ4v) is 3.74. The van der Waals surface area contributed by atoms with E-state index in [1.54, 1.807) is 42.5 Å². The molecule has 29 heavy (non-hydrogen) atoms. The lowest BCUT2D eigenvalue weighted by atomic mass is 10.00. The number of carboxylic acids is 1. The standard InChI is InChI=1S/C20H24N2O6S/c1-13-9-11-15(12-10-13)29(27,28)22-16(14-7-5-4-6-8-14)17(23)18(24)21-20(2,3)19(25)26/h4-12,16-17,22-23H,1-3H3,(H,21,24)(H,25,26). The van der Waals surface area contributed by atoms with Crippen LogP contribution in [0, 0.1) is 6.92 Å². The zero-order valence-corrected chi connectivity index (χ0v) is 17.1. The molecule has 9 heteroatoms. The molecular formula is C20H24N2O6S. The van der Waals surface area contributed by atoms with Crippen molar-refractivity contribution in [3.8, 4) is 0 Å². The minimum atomic E-state index is -4.07. The van der Waals surface area contributed by atoms with Gasteiger partial charge in [0.1, 0.15) is 5.54 Å². The number of aliphatic hydroxyl groups is 1. The van der Waals surface area contributed by atoms with Crippen LogP contribution in [-0.4, -0.2) is 42.2 Å². The predicted octanol–water partition coefficient (Wildman–Crippen LogP) is 1.35. The van der Waals surface area contributed by atoms with Crippen molar-refractivity contribution >= 4 is 21.9 Å². The van der Waals surface area contributed by atoms with Gasteiger partial charge in [-0.1, -0.05) is 48.0 Å². The second-order valence-corrected chi connectivity index (χ2v) is 8.90. The maximum atomic E-state index is 12.8. The van der Waals surface area contributed by atoms with Gasteiger partial charge in [0.2, 0.25) is 10.0 Å². The van der Waals surface area contributed by atoms with Gasteiger partial charge >= 0.3 is 5.97 Å². The smallest absolute Gasteiger partial charge is 0.328 e. The van der Waals surface area contributed by atoms with Crippen LogP contribution in [0.2, 0.25) is 0 Å². The maximum Gasteiger partial charge on any atom is 0.328 e. The molecule has 0 aromatic heterocycles. The highest BCUT2D eigenvalue weighted by atomic mass is 32.2. The number of hydrogen-bond donors (Lipinski definition) is 4. The Labute approximate surface area is 169 Å². The zero-order chi connectivity index (χ0) is 21.8. The van der Waals surface area contributed by atoms with E-state index in [0.29, 0.717) is 5.56 Å². The van der Waals surface area contributed by atoms with Gasteiger partial charge in [-0.2, -0.15) is 0 Å². The Morgan fingerprint density at radius 1 is 1.00 bits per heavy atom. The minimum Gasteiger partial charge on any atom is -0.480 e. The number of carbonyl (C=O) groups excluding carboxylic acids is 1. The van der Waals surface area contributed by atoms with Crippen molar-refractivity contribution in [1.29, 1.82) is 0 Å². The third kappa shape index (κ3) is 5.63. The molecule has 2 atom stereocenters. The summed E-state index contributed by atoms with van der Waals surface area (Å²) in [5.74, 6) is -2.31. The first-order chi connectivity index (χ1) is 13.4. The van der Waals surface area contributed by atoms with E-state index in [0.717, 1.165) is 5.56 Å². The summed E-state index contributed by atoms with van der Waals surface area (Å²) >= 11 is 0. The van der Waals surface area contributed by atoms with Crippen LogP contribution in [0.4, 0.5) is 0 Å². The first-order valence-electron chi connectivity index (χ1n) is 8.81. The van der Waals surface area contributed by atoms with Gasteiger partial charge in [0, 0.05) is 0 Å². The maximum absolute atomic E-state index is 12.8. The number of benzene rings is 2. The van der Waals surface area contributed by atoms with E-state index >= 15 is 0 Å². The first-order valence-corrected chi connectivity index (χ1v) is 10.3. The highest BCUT2D eigenvalue weighted by Crippen LogP contribution is 2.22. The number of aliphatic hydroxyl groups excluding tert-OH is 1. The van der Waals surface area contributed by atoms with Gasteiger partial charge in [0.15, 0.2) is 6.10 Å². The normalized spacial score (nSPS) is 14.1. The molecule has 0 saturated heterocycles. The third-order valence-corrected chi connectivity index (χ3v) is 5.78. The summed E-state index contributed by atoms with van der Waals surface area (Å²) in [7, 11) is -4.07. The average Bonchev–Trinajstić information content (AvgIpc) is 2.66. The van der Waals surface area contributed by atoms with E-state index < -0.39 is 39.6 Å². The molecule has 0 heterocycles. The van der Waals surface area contributed by atoms with E-state index in [-0.39, 0.29) is 4.90 Å². The van der Waals surface area contributed by atoms with E-state index in [1.807, 2.05) is 6.92 Å². The molecule has 2 aromatic carbocycles. The number of amides is 1. The molecular weight excluding hydrogens is 396 g/mol. The molecule has 0 radical (unpaired) electrons. The number of carbonyl (C=O) groups is 2. The number of sulfonamides is 1. The summed E-state index contributed by atoms with van der Waals surface area (Å²) in [5, 5.41) is 22.0. The number of nitrogens with one attached hydrogen (secondary N) is 2. The highest BCUT2D eigenvalue weighted by Gasteiger charge is 2.36. The summed E-state index contributed by atoms with van der Waals surface area (Å²) in [4.78, 5) is 23.7. The lowest BCUT2D eigenvalue weighted by Gasteiger charge is -2.27. The van der Waals surface area contributed by atoms with Crippen LogP contribution in [0.3, 0.4) is 0 Å². The van der Waals surface area contributed by atoms with Crippen molar-refractivity contribution in [2.75, 3.05) is 0 Å². The molecule has 156 valence electrons. The quantitative estimate of drug-likeness (QED) is 0.510. The Morgan fingerprint density at radius 3 is 2.07 bits per heavy atom. The van der Waals surface area contributed by atoms with Gasteiger partial charge in [-0.05, 0) is 38.5 Å². The van der Waals surface area contributed by atoms with Crippen LogP contribution in [0.25, 0.3) is 0 Å². The number of carboxylic acid groups (broad SMARTS) is 1. The first kappa shape index (κ1) is 22.5. The van der Waals surface area contributed by atoms with Gasteiger partial charge in [0.25, 0.3) is 5.91 Å². The molecule has 2 rings (SSSR count). The lowest BCUT2D eigenvalue weighted by molar-refractivity contribution is -0.148. The number of aliphatic carboxylic acids is 1. The zero-order valence-electron chi connectivity index (χ0n) is 16.3. The molecule has 0 aliphatic heterocycles. The molecule has 0 saturated carbocycles. The molecule has 2 aromatic rings. The Hall–Kier alpha value is -2.75. The van der Waals surface area contributed by atoms with Crippen LogP contribution >= 0.6 is 0 Å².